The van der Waals surface area contributed by atoms with Crippen LogP contribution in [0.2, 0.25) is 0 Å². The van der Waals surface area contributed by atoms with Gasteiger partial charge in [-0.3, -0.25) is 0 Å². The molecule has 2 nitrogen and oxygen atoms in total. The number of aliphatic hydroxyl groups is 1. The second-order valence-electron chi connectivity index (χ2n) is 5.19. The average molecular weight is 229 g/mol. The van der Waals surface area contributed by atoms with Crippen molar-refractivity contribution in [2.45, 2.75) is 45.1 Å². The highest BCUT2D eigenvalue weighted by Gasteiger charge is 2.36. The Hall–Kier alpha value is -1.33. The van der Waals surface area contributed by atoms with Crippen molar-refractivity contribution >= 4 is 0 Å². The molecule has 90 valence electrons. The predicted molar refractivity (Wildman–Crippen MR) is 67.4 cm³/mol. The molecule has 1 fully saturated rings. The lowest BCUT2D eigenvalue weighted by Gasteiger charge is -2.28. The SMILES string of the molecule is CCC(C)(C#N)C(O)c1ccccc1C1CC1. The maximum absolute atomic E-state index is 10.5. The number of nitrogens with zero attached hydrogens (tertiary/aromatic N) is 1. The Morgan fingerprint density at radius 1 is 1.47 bits per heavy atom. The van der Waals surface area contributed by atoms with Crippen molar-refractivity contribution in [2.75, 3.05) is 0 Å². The van der Waals surface area contributed by atoms with E-state index in [0.29, 0.717) is 12.3 Å². The van der Waals surface area contributed by atoms with E-state index < -0.39 is 11.5 Å². The molecular formula is C15H19NO. The van der Waals surface area contributed by atoms with Gasteiger partial charge in [-0.05, 0) is 43.2 Å². The molecule has 1 aliphatic carbocycles. The molecule has 17 heavy (non-hydrogen) atoms. The van der Waals surface area contributed by atoms with Crippen LogP contribution in [0.1, 0.15) is 56.3 Å². The molecule has 0 spiro atoms. The van der Waals surface area contributed by atoms with Crippen molar-refractivity contribution in [2.24, 2.45) is 5.41 Å². The van der Waals surface area contributed by atoms with Crippen molar-refractivity contribution < 1.29 is 5.11 Å². The van der Waals surface area contributed by atoms with E-state index >= 15 is 0 Å². The summed E-state index contributed by atoms with van der Waals surface area (Å²) in [6.45, 7) is 3.79. The van der Waals surface area contributed by atoms with Gasteiger partial charge in [0.15, 0.2) is 0 Å². The first-order valence-electron chi connectivity index (χ1n) is 6.30. The van der Waals surface area contributed by atoms with Crippen LogP contribution < -0.4 is 0 Å². The zero-order valence-corrected chi connectivity index (χ0v) is 10.5. The molecule has 1 N–H and O–H groups in total. The standard InChI is InChI=1S/C15H19NO/c1-3-15(2,10-16)14(17)13-7-5-4-6-12(13)11-8-9-11/h4-7,11,14,17H,3,8-9H2,1-2H3. The number of hydrogen-bond donors (Lipinski definition) is 1. The highest BCUT2D eigenvalue weighted by molar-refractivity contribution is 5.36. The maximum Gasteiger partial charge on any atom is 0.0976 e. The normalized spacial score (nSPS) is 20.4. The van der Waals surface area contributed by atoms with E-state index in [0.717, 1.165) is 5.56 Å². The number of aliphatic hydroxyl groups excluding tert-OH is 1. The smallest absolute Gasteiger partial charge is 0.0976 e. The Morgan fingerprint density at radius 2 is 2.12 bits per heavy atom. The van der Waals surface area contributed by atoms with Crippen LogP contribution in [0.25, 0.3) is 0 Å². The minimum absolute atomic E-state index is 0.598. The summed E-state index contributed by atoms with van der Waals surface area (Å²) in [7, 11) is 0. The summed E-state index contributed by atoms with van der Waals surface area (Å²) < 4.78 is 0. The monoisotopic (exact) mass is 229 g/mol. The maximum atomic E-state index is 10.5. The number of rotatable bonds is 4. The van der Waals surface area contributed by atoms with E-state index in [1.54, 1.807) is 0 Å². The van der Waals surface area contributed by atoms with Gasteiger partial charge in [0.05, 0.1) is 17.6 Å². The lowest BCUT2D eigenvalue weighted by atomic mass is 9.78. The summed E-state index contributed by atoms with van der Waals surface area (Å²) in [4.78, 5) is 0. The van der Waals surface area contributed by atoms with E-state index in [2.05, 4.69) is 12.1 Å². The van der Waals surface area contributed by atoms with Gasteiger partial charge in [-0.1, -0.05) is 31.2 Å². The molecule has 1 aromatic rings. The van der Waals surface area contributed by atoms with Crippen LogP contribution >= 0.6 is 0 Å². The number of benzene rings is 1. The molecule has 2 rings (SSSR count). The summed E-state index contributed by atoms with van der Waals surface area (Å²) in [5.74, 6) is 0.598. The zero-order valence-electron chi connectivity index (χ0n) is 10.5. The van der Waals surface area contributed by atoms with Crippen molar-refractivity contribution in [3.8, 4) is 6.07 Å². The van der Waals surface area contributed by atoms with E-state index in [1.165, 1.54) is 18.4 Å². The molecule has 0 aliphatic heterocycles. The fourth-order valence-corrected chi connectivity index (χ4v) is 2.20. The van der Waals surface area contributed by atoms with Gasteiger partial charge >= 0.3 is 0 Å². The van der Waals surface area contributed by atoms with Crippen molar-refractivity contribution in [1.29, 1.82) is 5.26 Å². The Bertz CT molecular complexity index is 444. The predicted octanol–water partition coefficient (Wildman–Crippen LogP) is 3.54. The molecule has 0 bridgehead atoms. The molecule has 0 heterocycles. The third kappa shape index (κ3) is 2.21. The first-order chi connectivity index (χ1) is 8.12. The fourth-order valence-electron chi connectivity index (χ4n) is 2.20. The molecule has 0 radical (unpaired) electrons. The average Bonchev–Trinajstić information content (AvgIpc) is 3.21. The van der Waals surface area contributed by atoms with Gasteiger partial charge in [-0.25, -0.2) is 0 Å². The minimum atomic E-state index is -0.689. The van der Waals surface area contributed by atoms with Crippen LogP contribution in [-0.2, 0) is 0 Å². The Balaban J connectivity index is 2.37. The first kappa shape index (κ1) is 12.1. The summed E-state index contributed by atoms with van der Waals surface area (Å²) in [5.41, 5.74) is 1.49. The third-order valence-corrected chi connectivity index (χ3v) is 3.90. The van der Waals surface area contributed by atoms with Crippen LogP contribution in [0, 0.1) is 16.7 Å². The van der Waals surface area contributed by atoms with Crippen LogP contribution in [0.15, 0.2) is 24.3 Å². The minimum Gasteiger partial charge on any atom is -0.387 e. The van der Waals surface area contributed by atoms with Gasteiger partial charge in [0.25, 0.3) is 0 Å². The van der Waals surface area contributed by atoms with E-state index in [4.69, 9.17) is 0 Å². The van der Waals surface area contributed by atoms with Crippen LogP contribution in [-0.4, -0.2) is 5.11 Å². The summed E-state index contributed by atoms with van der Waals surface area (Å²) in [5, 5.41) is 19.7. The lowest BCUT2D eigenvalue weighted by Crippen LogP contribution is -2.23. The third-order valence-electron chi connectivity index (χ3n) is 3.90. The molecule has 0 saturated heterocycles. The molecule has 1 aromatic carbocycles. The highest BCUT2D eigenvalue weighted by Crippen LogP contribution is 2.46. The highest BCUT2D eigenvalue weighted by atomic mass is 16.3. The van der Waals surface area contributed by atoms with Crippen LogP contribution in [0.3, 0.4) is 0 Å². The molecule has 1 aliphatic rings. The molecule has 0 aromatic heterocycles. The summed E-state index contributed by atoms with van der Waals surface area (Å²) in [6.07, 6.45) is 2.39. The van der Waals surface area contributed by atoms with Gasteiger partial charge < -0.3 is 5.11 Å². The van der Waals surface area contributed by atoms with E-state index in [-0.39, 0.29) is 0 Å². The Kier molecular flexibility index (Phi) is 3.22. The summed E-state index contributed by atoms with van der Waals surface area (Å²) >= 11 is 0. The van der Waals surface area contributed by atoms with E-state index in [9.17, 15) is 10.4 Å². The molecule has 2 atom stereocenters. The fraction of sp³-hybridized carbons (Fsp3) is 0.533. The zero-order chi connectivity index (χ0) is 12.5. The van der Waals surface area contributed by atoms with Gasteiger partial charge in [0.2, 0.25) is 0 Å². The van der Waals surface area contributed by atoms with Crippen molar-refractivity contribution in [1.82, 2.24) is 0 Å². The molecular weight excluding hydrogens is 210 g/mol. The molecule has 0 amide bonds. The van der Waals surface area contributed by atoms with Gasteiger partial charge in [-0.2, -0.15) is 5.26 Å². The topological polar surface area (TPSA) is 44.0 Å². The van der Waals surface area contributed by atoms with Crippen molar-refractivity contribution in [3.63, 3.8) is 0 Å². The lowest BCUT2D eigenvalue weighted by molar-refractivity contribution is 0.0714. The molecule has 2 unspecified atom stereocenters. The second kappa shape index (κ2) is 4.50. The molecule has 1 saturated carbocycles. The van der Waals surface area contributed by atoms with E-state index in [1.807, 2.05) is 32.0 Å². The van der Waals surface area contributed by atoms with Gasteiger partial charge in [0, 0.05) is 0 Å². The second-order valence-corrected chi connectivity index (χ2v) is 5.19. The molecule has 2 heteroatoms. The number of nitriles is 1. The van der Waals surface area contributed by atoms with Crippen LogP contribution in [0.4, 0.5) is 0 Å². The number of hydrogen-bond acceptors (Lipinski definition) is 2. The van der Waals surface area contributed by atoms with Crippen LogP contribution in [0.5, 0.6) is 0 Å². The quantitative estimate of drug-likeness (QED) is 0.858. The largest absolute Gasteiger partial charge is 0.387 e. The van der Waals surface area contributed by atoms with Gasteiger partial charge in [-0.15, -0.1) is 0 Å². The van der Waals surface area contributed by atoms with Gasteiger partial charge in [0.1, 0.15) is 0 Å². The first-order valence-corrected chi connectivity index (χ1v) is 6.30. The Labute approximate surface area is 103 Å². The Morgan fingerprint density at radius 3 is 2.65 bits per heavy atom. The summed E-state index contributed by atoms with van der Waals surface area (Å²) in [6, 6.07) is 10.3. The van der Waals surface area contributed by atoms with Crippen molar-refractivity contribution in [3.05, 3.63) is 35.4 Å².